The van der Waals surface area contributed by atoms with Crippen LogP contribution < -0.4 is 0 Å². The number of hydrogen-bond acceptors (Lipinski definition) is 3. The molecule has 1 saturated heterocycles. The number of nitrogens with zero attached hydrogens (tertiary/aromatic N) is 3. The zero-order valence-corrected chi connectivity index (χ0v) is 9.51. The lowest BCUT2D eigenvalue weighted by Gasteiger charge is -2.44. The average molecular weight is 221 g/mol. The summed E-state index contributed by atoms with van der Waals surface area (Å²) in [7, 11) is 0. The van der Waals surface area contributed by atoms with Crippen LogP contribution in [0.2, 0.25) is 0 Å². The number of rotatable bonds is 4. The van der Waals surface area contributed by atoms with Gasteiger partial charge in [0, 0.05) is 10.3 Å². The van der Waals surface area contributed by atoms with Crippen molar-refractivity contribution in [3.8, 4) is 0 Å². The van der Waals surface area contributed by atoms with Crippen molar-refractivity contribution in [2.75, 3.05) is 13.2 Å². The van der Waals surface area contributed by atoms with E-state index in [0.717, 1.165) is 17.9 Å². The molecule has 5 heteroatoms. The van der Waals surface area contributed by atoms with Crippen LogP contribution in [0.3, 0.4) is 0 Å². The van der Waals surface area contributed by atoms with Crippen LogP contribution in [0.15, 0.2) is 21.7 Å². The molecule has 0 aliphatic carbocycles. The highest BCUT2D eigenvalue weighted by Gasteiger charge is 2.45. The Hall–Kier alpha value is -1.45. The molecule has 0 amide bonds. The van der Waals surface area contributed by atoms with Crippen LogP contribution in [0.1, 0.15) is 30.9 Å². The van der Waals surface area contributed by atoms with Gasteiger partial charge in [-0.15, -0.1) is 0 Å². The molecule has 1 aliphatic heterocycles. The molecule has 2 heterocycles. The Morgan fingerprint density at radius 2 is 2.31 bits per heavy atom. The van der Waals surface area contributed by atoms with E-state index in [-0.39, 0.29) is 11.5 Å². The van der Waals surface area contributed by atoms with Crippen LogP contribution in [0.25, 0.3) is 10.4 Å². The maximum Gasteiger partial charge on any atom is 0.113 e. The van der Waals surface area contributed by atoms with Gasteiger partial charge in [0.1, 0.15) is 17.6 Å². The van der Waals surface area contributed by atoms with Gasteiger partial charge in [-0.25, -0.2) is 0 Å². The maximum atomic E-state index is 8.66. The molecule has 1 aromatic heterocycles. The second-order valence-electron chi connectivity index (χ2n) is 4.26. The van der Waals surface area contributed by atoms with E-state index in [0.29, 0.717) is 13.2 Å². The van der Waals surface area contributed by atoms with Gasteiger partial charge in [0.25, 0.3) is 0 Å². The Morgan fingerprint density at radius 1 is 1.56 bits per heavy atom. The quantitative estimate of drug-likeness (QED) is 0.444. The van der Waals surface area contributed by atoms with Crippen molar-refractivity contribution < 1.29 is 9.15 Å². The van der Waals surface area contributed by atoms with Crippen LogP contribution >= 0.6 is 0 Å². The molecular formula is C11H15N3O2. The third kappa shape index (κ3) is 1.68. The maximum absolute atomic E-state index is 8.66. The lowest BCUT2D eigenvalue weighted by atomic mass is 9.75. The molecule has 1 fully saturated rings. The molecule has 0 spiro atoms. The minimum absolute atomic E-state index is 0.0868. The highest BCUT2D eigenvalue weighted by molar-refractivity contribution is 5.15. The van der Waals surface area contributed by atoms with Gasteiger partial charge in [0.05, 0.1) is 13.2 Å². The normalized spacial score (nSPS) is 19.6. The predicted molar refractivity (Wildman–Crippen MR) is 58.9 cm³/mol. The van der Waals surface area contributed by atoms with Crippen molar-refractivity contribution in [2.24, 2.45) is 10.5 Å². The third-order valence-corrected chi connectivity index (χ3v) is 3.26. The molecule has 1 aromatic rings. The zero-order chi connectivity index (χ0) is 11.6. The SMILES string of the molecule is CCC1(C(N=[N+]=[N-])c2ccc(C)o2)COC1. The third-order valence-electron chi connectivity index (χ3n) is 3.26. The second kappa shape index (κ2) is 4.20. The topological polar surface area (TPSA) is 71.1 Å². The molecule has 0 aromatic carbocycles. The van der Waals surface area contributed by atoms with E-state index in [1.165, 1.54) is 0 Å². The number of ether oxygens (including phenoxy) is 1. The van der Waals surface area contributed by atoms with Crippen molar-refractivity contribution in [1.82, 2.24) is 0 Å². The summed E-state index contributed by atoms with van der Waals surface area (Å²) in [4.78, 5) is 2.93. The summed E-state index contributed by atoms with van der Waals surface area (Å²) in [6, 6.07) is 3.51. The summed E-state index contributed by atoms with van der Waals surface area (Å²) in [5, 5.41) is 3.88. The zero-order valence-electron chi connectivity index (χ0n) is 9.51. The predicted octanol–water partition coefficient (Wildman–Crippen LogP) is 3.37. The average Bonchev–Trinajstić information content (AvgIpc) is 2.62. The standard InChI is InChI=1S/C11H15N3O2/c1-3-11(6-15-7-11)10(13-14-12)9-5-4-8(2)16-9/h4-5,10H,3,6-7H2,1-2H3. The number of hydrogen-bond donors (Lipinski definition) is 0. The Kier molecular flexibility index (Phi) is 2.90. The first-order valence-corrected chi connectivity index (χ1v) is 5.40. The molecule has 0 N–H and O–H groups in total. The summed E-state index contributed by atoms with van der Waals surface area (Å²) in [6.07, 6.45) is 0.913. The molecule has 16 heavy (non-hydrogen) atoms. The van der Waals surface area contributed by atoms with E-state index >= 15 is 0 Å². The summed E-state index contributed by atoms with van der Waals surface area (Å²) in [6.45, 7) is 5.23. The first-order valence-electron chi connectivity index (χ1n) is 5.40. The van der Waals surface area contributed by atoms with Crippen molar-refractivity contribution in [3.63, 3.8) is 0 Å². The van der Waals surface area contributed by atoms with Gasteiger partial charge >= 0.3 is 0 Å². The highest BCUT2D eigenvalue weighted by atomic mass is 16.5. The first-order chi connectivity index (χ1) is 7.72. The molecule has 1 unspecified atom stereocenters. The summed E-state index contributed by atoms with van der Waals surface area (Å²) < 4.78 is 10.8. The van der Waals surface area contributed by atoms with E-state index < -0.39 is 0 Å². The van der Waals surface area contributed by atoms with Crippen molar-refractivity contribution in [2.45, 2.75) is 26.3 Å². The number of azide groups is 1. The molecular weight excluding hydrogens is 206 g/mol. The minimum Gasteiger partial charge on any atom is -0.466 e. The van der Waals surface area contributed by atoms with E-state index in [1.54, 1.807) is 0 Å². The fraction of sp³-hybridized carbons (Fsp3) is 0.636. The summed E-state index contributed by atoms with van der Waals surface area (Å²) >= 11 is 0. The van der Waals surface area contributed by atoms with E-state index in [2.05, 4.69) is 16.9 Å². The van der Waals surface area contributed by atoms with Crippen LogP contribution in [0.4, 0.5) is 0 Å². The van der Waals surface area contributed by atoms with Gasteiger partial charge in [-0.2, -0.15) is 0 Å². The Balaban J connectivity index is 2.33. The van der Waals surface area contributed by atoms with Crippen LogP contribution in [0.5, 0.6) is 0 Å². The summed E-state index contributed by atoms with van der Waals surface area (Å²) in [5.74, 6) is 1.57. The molecule has 0 saturated carbocycles. The van der Waals surface area contributed by atoms with Gasteiger partial charge in [0.15, 0.2) is 0 Å². The van der Waals surface area contributed by atoms with Crippen LogP contribution in [-0.2, 0) is 4.74 Å². The molecule has 0 radical (unpaired) electrons. The van der Waals surface area contributed by atoms with Crippen molar-refractivity contribution >= 4 is 0 Å². The molecule has 5 nitrogen and oxygen atoms in total. The van der Waals surface area contributed by atoms with Gasteiger partial charge in [-0.05, 0) is 31.0 Å². The van der Waals surface area contributed by atoms with E-state index in [9.17, 15) is 0 Å². The monoisotopic (exact) mass is 221 g/mol. The second-order valence-corrected chi connectivity index (χ2v) is 4.26. The van der Waals surface area contributed by atoms with Crippen LogP contribution in [0, 0.1) is 12.3 Å². The molecule has 2 rings (SSSR count). The van der Waals surface area contributed by atoms with Crippen LogP contribution in [-0.4, -0.2) is 13.2 Å². The molecule has 0 bridgehead atoms. The van der Waals surface area contributed by atoms with Gasteiger partial charge in [0.2, 0.25) is 0 Å². The Labute approximate surface area is 94.0 Å². The molecule has 86 valence electrons. The highest BCUT2D eigenvalue weighted by Crippen LogP contribution is 2.46. The first kappa shape index (κ1) is 11.0. The fourth-order valence-corrected chi connectivity index (χ4v) is 2.05. The smallest absolute Gasteiger partial charge is 0.113 e. The lowest BCUT2D eigenvalue weighted by molar-refractivity contribution is -0.132. The minimum atomic E-state index is -0.259. The number of aryl methyl sites for hydroxylation is 1. The molecule has 1 atom stereocenters. The van der Waals surface area contributed by atoms with E-state index in [1.807, 2.05) is 19.1 Å². The Morgan fingerprint density at radius 3 is 2.69 bits per heavy atom. The van der Waals surface area contributed by atoms with Crippen molar-refractivity contribution in [3.05, 3.63) is 34.1 Å². The van der Waals surface area contributed by atoms with Crippen molar-refractivity contribution in [1.29, 1.82) is 0 Å². The Bertz CT molecular complexity index is 411. The number of furan rings is 1. The van der Waals surface area contributed by atoms with Gasteiger partial charge in [-0.1, -0.05) is 12.0 Å². The molecule has 1 aliphatic rings. The van der Waals surface area contributed by atoms with Gasteiger partial charge < -0.3 is 9.15 Å². The summed E-state index contributed by atoms with van der Waals surface area (Å²) in [5.41, 5.74) is 8.57. The lowest BCUT2D eigenvalue weighted by Crippen LogP contribution is -2.46. The largest absolute Gasteiger partial charge is 0.466 e. The fourth-order valence-electron chi connectivity index (χ4n) is 2.05. The van der Waals surface area contributed by atoms with Gasteiger partial charge in [-0.3, -0.25) is 0 Å². The van der Waals surface area contributed by atoms with E-state index in [4.69, 9.17) is 14.7 Å².